The summed E-state index contributed by atoms with van der Waals surface area (Å²) < 4.78 is 0. The molecule has 3 heteroatoms. The Balaban J connectivity index is 2.64. The molecular formula is C14H23ClN2. The van der Waals surface area contributed by atoms with Crippen LogP contribution in [0.5, 0.6) is 0 Å². The van der Waals surface area contributed by atoms with E-state index in [1.165, 1.54) is 6.42 Å². The van der Waals surface area contributed by atoms with Gasteiger partial charge in [-0.05, 0) is 44.0 Å². The van der Waals surface area contributed by atoms with Gasteiger partial charge in [-0.2, -0.15) is 0 Å². The molecule has 0 saturated heterocycles. The summed E-state index contributed by atoms with van der Waals surface area (Å²) in [7, 11) is 2.14. The molecule has 17 heavy (non-hydrogen) atoms. The van der Waals surface area contributed by atoms with Gasteiger partial charge >= 0.3 is 0 Å². The fourth-order valence-electron chi connectivity index (χ4n) is 1.98. The molecule has 2 nitrogen and oxygen atoms in total. The van der Waals surface area contributed by atoms with Crippen LogP contribution in [-0.2, 0) is 6.54 Å². The van der Waals surface area contributed by atoms with E-state index >= 15 is 0 Å². The standard InChI is InChI=1S/C14H23ClN2/c1-10(2)7-11(3)17(4)9-12-5-6-13(16)8-14(12)15/h5-6,8,10-11H,7,9,16H2,1-4H3. The second-order valence-electron chi connectivity index (χ2n) is 5.24. The minimum atomic E-state index is 0.559. The van der Waals surface area contributed by atoms with E-state index in [-0.39, 0.29) is 0 Å². The number of nitrogens with two attached hydrogens (primary N) is 1. The molecule has 1 rings (SSSR count). The van der Waals surface area contributed by atoms with E-state index in [4.69, 9.17) is 17.3 Å². The topological polar surface area (TPSA) is 29.3 Å². The van der Waals surface area contributed by atoms with Gasteiger partial charge in [-0.15, -0.1) is 0 Å². The highest BCUT2D eigenvalue weighted by atomic mass is 35.5. The molecule has 0 radical (unpaired) electrons. The third-order valence-electron chi connectivity index (χ3n) is 3.06. The van der Waals surface area contributed by atoms with Crippen LogP contribution in [0.2, 0.25) is 5.02 Å². The van der Waals surface area contributed by atoms with Crippen LogP contribution in [0, 0.1) is 5.92 Å². The van der Waals surface area contributed by atoms with Crippen LogP contribution in [0.3, 0.4) is 0 Å². The van der Waals surface area contributed by atoms with Crippen molar-refractivity contribution in [2.75, 3.05) is 12.8 Å². The van der Waals surface area contributed by atoms with Crippen LogP contribution in [0.25, 0.3) is 0 Å². The van der Waals surface area contributed by atoms with Crippen molar-refractivity contribution in [2.24, 2.45) is 5.92 Å². The average Bonchev–Trinajstić information content (AvgIpc) is 2.21. The van der Waals surface area contributed by atoms with Gasteiger partial charge < -0.3 is 5.73 Å². The third kappa shape index (κ3) is 4.57. The van der Waals surface area contributed by atoms with Gasteiger partial charge in [0.05, 0.1) is 0 Å². The van der Waals surface area contributed by atoms with Crippen LogP contribution >= 0.6 is 11.6 Å². The number of anilines is 1. The molecule has 1 aromatic carbocycles. The Morgan fingerprint density at radius 2 is 1.94 bits per heavy atom. The molecule has 1 unspecified atom stereocenters. The van der Waals surface area contributed by atoms with Crippen molar-refractivity contribution in [3.05, 3.63) is 28.8 Å². The molecule has 0 aliphatic heterocycles. The SMILES string of the molecule is CC(C)CC(C)N(C)Cc1ccc(N)cc1Cl. The lowest BCUT2D eigenvalue weighted by molar-refractivity contribution is 0.220. The molecule has 0 saturated carbocycles. The molecule has 2 N–H and O–H groups in total. The number of rotatable bonds is 5. The Bertz CT molecular complexity index is 363. The first-order chi connectivity index (χ1) is 7.90. The van der Waals surface area contributed by atoms with Crippen LogP contribution in [-0.4, -0.2) is 18.0 Å². The van der Waals surface area contributed by atoms with Crippen LogP contribution in [0.4, 0.5) is 5.69 Å². The Kier molecular flexibility index (Phi) is 5.29. The largest absolute Gasteiger partial charge is 0.399 e. The molecule has 1 atom stereocenters. The van der Waals surface area contributed by atoms with E-state index < -0.39 is 0 Å². The maximum Gasteiger partial charge on any atom is 0.0471 e. The number of hydrogen-bond donors (Lipinski definition) is 1. The molecule has 0 fully saturated rings. The number of halogens is 1. The van der Waals surface area contributed by atoms with E-state index in [9.17, 15) is 0 Å². The lowest BCUT2D eigenvalue weighted by Gasteiger charge is -2.26. The fraction of sp³-hybridized carbons (Fsp3) is 0.571. The Morgan fingerprint density at radius 1 is 1.29 bits per heavy atom. The number of nitrogen functional groups attached to an aromatic ring is 1. The molecule has 0 bridgehead atoms. The summed E-state index contributed by atoms with van der Waals surface area (Å²) in [5.41, 5.74) is 7.54. The molecule has 0 amide bonds. The predicted octanol–water partition coefficient (Wildman–Crippen LogP) is 3.79. The lowest BCUT2D eigenvalue weighted by Crippen LogP contribution is -2.29. The van der Waals surface area contributed by atoms with Gasteiger partial charge in [-0.25, -0.2) is 0 Å². The first kappa shape index (κ1) is 14.3. The Labute approximate surface area is 110 Å². The second kappa shape index (κ2) is 6.27. The summed E-state index contributed by atoms with van der Waals surface area (Å²) in [6.07, 6.45) is 1.20. The van der Waals surface area contributed by atoms with Crippen molar-refractivity contribution < 1.29 is 0 Å². The zero-order valence-corrected chi connectivity index (χ0v) is 12.0. The van der Waals surface area contributed by atoms with Crippen molar-refractivity contribution in [1.82, 2.24) is 4.90 Å². The van der Waals surface area contributed by atoms with Gasteiger partial charge in [0.25, 0.3) is 0 Å². The molecule has 0 heterocycles. The maximum absolute atomic E-state index is 6.18. The van der Waals surface area contributed by atoms with Gasteiger partial charge in [-0.3, -0.25) is 4.90 Å². The number of benzene rings is 1. The lowest BCUT2D eigenvalue weighted by atomic mass is 10.0. The summed E-state index contributed by atoms with van der Waals surface area (Å²) in [5.74, 6) is 0.717. The summed E-state index contributed by atoms with van der Waals surface area (Å²) in [6.45, 7) is 7.62. The molecule has 0 aliphatic rings. The smallest absolute Gasteiger partial charge is 0.0471 e. The third-order valence-corrected chi connectivity index (χ3v) is 3.41. The van der Waals surface area contributed by atoms with E-state index in [0.29, 0.717) is 12.0 Å². The molecule has 1 aromatic rings. The Hall–Kier alpha value is -0.730. The van der Waals surface area contributed by atoms with Crippen LogP contribution in [0.15, 0.2) is 18.2 Å². The highest BCUT2D eigenvalue weighted by molar-refractivity contribution is 6.31. The number of hydrogen-bond acceptors (Lipinski definition) is 2. The molecule has 0 spiro atoms. The van der Waals surface area contributed by atoms with Crippen LogP contribution in [0.1, 0.15) is 32.8 Å². The highest BCUT2D eigenvalue weighted by Crippen LogP contribution is 2.21. The van der Waals surface area contributed by atoms with E-state index in [1.807, 2.05) is 18.2 Å². The summed E-state index contributed by atoms with van der Waals surface area (Å²) in [6, 6.07) is 6.29. The normalized spacial score (nSPS) is 13.4. The molecular weight excluding hydrogens is 232 g/mol. The van der Waals surface area contributed by atoms with Gasteiger partial charge in [0.15, 0.2) is 0 Å². The summed E-state index contributed by atoms with van der Waals surface area (Å²) in [4.78, 5) is 2.33. The first-order valence-corrected chi connectivity index (χ1v) is 6.52. The van der Waals surface area contributed by atoms with Crippen molar-refractivity contribution in [2.45, 2.75) is 39.8 Å². The van der Waals surface area contributed by atoms with Gasteiger partial charge in [0.2, 0.25) is 0 Å². The number of nitrogens with zero attached hydrogens (tertiary/aromatic N) is 1. The predicted molar refractivity (Wildman–Crippen MR) is 76.2 cm³/mol. The fourth-order valence-corrected chi connectivity index (χ4v) is 2.23. The quantitative estimate of drug-likeness (QED) is 0.810. The minimum Gasteiger partial charge on any atom is -0.399 e. The second-order valence-corrected chi connectivity index (χ2v) is 5.65. The minimum absolute atomic E-state index is 0.559. The Morgan fingerprint density at radius 3 is 2.47 bits per heavy atom. The summed E-state index contributed by atoms with van der Waals surface area (Å²) in [5, 5.41) is 0.758. The monoisotopic (exact) mass is 254 g/mol. The van der Waals surface area contributed by atoms with Crippen molar-refractivity contribution in [1.29, 1.82) is 0 Å². The molecule has 96 valence electrons. The maximum atomic E-state index is 6.18. The van der Waals surface area contributed by atoms with Crippen molar-refractivity contribution >= 4 is 17.3 Å². The zero-order chi connectivity index (χ0) is 13.0. The van der Waals surface area contributed by atoms with E-state index in [2.05, 4.69) is 32.7 Å². The van der Waals surface area contributed by atoms with E-state index in [0.717, 1.165) is 22.8 Å². The van der Waals surface area contributed by atoms with Gasteiger partial charge in [-0.1, -0.05) is 31.5 Å². The van der Waals surface area contributed by atoms with Crippen molar-refractivity contribution in [3.63, 3.8) is 0 Å². The van der Waals surface area contributed by atoms with Gasteiger partial charge in [0.1, 0.15) is 0 Å². The summed E-state index contributed by atoms with van der Waals surface area (Å²) >= 11 is 6.18. The average molecular weight is 255 g/mol. The zero-order valence-electron chi connectivity index (χ0n) is 11.2. The van der Waals surface area contributed by atoms with E-state index in [1.54, 1.807) is 0 Å². The first-order valence-electron chi connectivity index (χ1n) is 6.14. The van der Waals surface area contributed by atoms with Crippen LogP contribution < -0.4 is 5.73 Å². The molecule has 0 aliphatic carbocycles. The van der Waals surface area contributed by atoms with Gasteiger partial charge in [0, 0.05) is 23.3 Å². The molecule has 0 aromatic heterocycles. The van der Waals surface area contributed by atoms with Crippen molar-refractivity contribution in [3.8, 4) is 0 Å². The highest BCUT2D eigenvalue weighted by Gasteiger charge is 2.12.